The molecular formula is C26H26Cl2N2O2. The Labute approximate surface area is 199 Å². The van der Waals surface area contributed by atoms with Crippen molar-refractivity contribution in [1.29, 1.82) is 0 Å². The second-order valence-electron chi connectivity index (χ2n) is 8.31. The van der Waals surface area contributed by atoms with Gasteiger partial charge in [-0.05, 0) is 66.9 Å². The van der Waals surface area contributed by atoms with Gasteiger partial charge in [0, 0.05) is 24.7 Å². The molecule has 166 valence electrons. The Balaban J connectivity index is 1.63. The molecule has 0 radical (unpaired) electrons. The molecule has 1 aliphatic rings. The molecule has 0 saturated carbocycles. The fourth-order valence-corrected chi connectivity index (χ4v) is 4.74. The largest absolute Gasteiger partial charge is 0.508 e. The quantitative estimate of drug-likeness (QED) is 0.495. The summed E-state index contributed by atoms with van der Waals surface area (Å²) in [4.78, 5) is 17.6. The molecule has 2 unspecified atom stereocenters. The van der Waals surface area contributed by atoms with Gasteiger partial charge in [-0.25, -0.2) is 0 Å². The molecule has 1 amide bonds. The lowest BCUT2D eigenvalue weighted by molar-refractivity contribution is -0.133. The normalized spacial score (nSPS) is 17.3. The molecule has 1 heterocycles. The van der Waals surface area contributed by atoms with Crippen LogP contribution in [0.2, 0.25) is 10.0 Å². The highest BCUT2D eigenvalue weighted by molar-refractivity contribution is 6.33. The van der Waals surface area contributed by atoms with E-state index in [9.17, 15) is 9.90 Å². The molecule has 32 heavy (non-hydrogen) atoms. The van der Waals surface area contributed by atoms with Crippen molar-refractivity contribution < 1.29 is 9.90 Å². The molecule has 3 aromatic carbocycles. The topological polar surface area (TPSA) is 43.8 Å². The van der Waals surface area contributed by atoms with Gasteiger partial charge in [-0.3, -0.25) is 4.79 Å². The number of phenols is 1. The Morgan fingerprint density at radius 2 is 1.69 bits per heavy atom. The standard InChI is InChI=1S/C26H26Cl2N2O2/c1-17-3-12-24(23(28)15-17)30-14-13-29(16-25(30)20-4-8-21(27)9-5-20)26(32)18(2)19-6-10-22(31)11-7-19/h3-12,15,18,25,31H,13-14,16H2,1-2H3. The van der Waals surface area contributed by atoms with E-state index in [-0.39, 0.29) is 23.6 Å². The van der Waals surface area contributed by atoms with Crippen molar-refractivity contribution in [3.63, 3.8) is 0 Å². The van der Waals surface area contributed by atoms with E-state index in [1.54, 1.807) is 24.3 Å². The van der Waals surface area contributed by atoms with Crippen LogP contribution >= 0.6 is 23.2 Å². The third kappa shape index (κ3) is 4.72. The molecule has 6 heteroatoms. The van der Waals surface area contributed by atoms with Crippen LogP contribution in [-0.2, 0) is 4.79 Å². The SMILES string of the molecule is Cc1ccc(N2CCN(C(=O)C(C)c3ccc(O)cc3)CC2c2ccc(Cl)cc2)c(Cl)c1. The molecular weight excluding hydrogens is 443 g/mol. The molecule has 1 aliphatic heterocycles. The Morgan fingerprint density at radius 1 is 1.00 bits per heavy atom. The molecule has 0 bridgehead atoms. The van der Waals surface area contributed by atoms with E-state index in [0.29, 0.717) is 29.7 Å². The highest BCUT2D eigenvalue weighted by Crippen LogP contribution is 2.36. The lowest BCUT2D eigenvalue weighted by Gasteiger charge is -2.44. The summed E-state index contributed by atoms with van der Waals surface area (Å²) in [6, 6.07) is 20.7. The number of aromatic hydroxyl groups is 1. The van der Waals surface area contributed by atoms with Gasteiger partial charge in [0.15, 0.2) is 0 Å². The van der Waals surface area contributed by atoms with Crippen molar-refractivity contribution in [3.05, 3.63) is 93.5 Å². The Kier molecular flexibility index (Phi) is 6.63. The maximum atomic E-state index is 13.4. The number of anilines is 1. The van der Waals surface area contributed by atoms with Crippen LogP contribution in [0.3, 0.4) is 0 Å². The molecule has 1 N–H and O–H groups in total. The highest BCUT2D eigenvalue weighted by atomic mass is 35.5. The van der Waals surface area contributed by atoms with Gasteiger partial charge in [-0.15, -0.1) is 0 Å². The second kappa shape index (κ2) is 9.43. The van der Waals surface area contributed by atoms with Crippen molar-refractivity contribution in [3.8, 4) is 5.75 Å². The number of benzene rings is 3. The van der Waals surface area contributed by atoms with Crippen molar-refractivity contribution in [2.45, 2.75) is 25.8 Å². The van der Waals surface area contributed by atoms with Crippen molar-refractivity contribution >= 4 is 34.8 Å². The van der Waals surface area contributed by atoms with E-state index in [2.05, 4.69) is 17.0 Å². The first kappa shape index (κ1) is 22.5. The van der Waals surface area contributed by atoms with Crippen LogP contribution in [0.4, 0.5) is 5.69 Å². The molecule has 4 nitrogen and oxygen atoms in total. The van der Waals surface area contributed by atoms with Gasteiger partial charge >= 0.3 is 0 Å². The first-order valence-corrected chi connectivity index (χ1v) is 11.4. The predicted molar refractivity (Wildman–Crippen MR) is 131 cm³/mol. The van der Waals surface area contributed by atoms with Crippen molar-refractivity contribution in [2.75, 3.05) is 24.5 Å². The number of halogens is 2. The van der Waals surface area contributed by atoms with Crippen LogP contribution in [-0.4, -0.2) is 35.5 Å². The average Bonchev–Trinajstić information content (AvgIpc) is 2.79. The maximum Gasteiger partial charge on any atom is 0.229 e. The van der Waals surface area contributed by atoms with Gasteiger partial charge in [0.25, 0.3) is 0 Å². The van der Waals surface area contributed by atoms with Gasteiger partial charge in [-0.1, -0.05) is 53.5 Å². The molecule has 3 aromatic rings. The summed E-state index contributed by atoms with van der Waals surface area (Å²) in [5.41, 5.74) is 4.05. The minimum Gasteiger partial charge on any atom is -0.508 e. The van der Waals surface area contributed by atoms with Crippen LogP contribution < -0.4 is 4.90 Å². The van der Waals surface area contributed by atoms with E-state index in [0.717, 1.165) is 22.4 Å². The molecule has 4 rings (SSSR count). The summed E-state index contributed by atoms with van der Waals surface area (Å²) in [6.07, 6.45) is 0. The number of rotatable bonds is 4. The monoisotopic (exact) mass is 468 g/mol. The smallest absolute Gasteiger partial charge is 0.229 e. The summed E-state index contributed by atoms with van der Waals surface area (Å²) in [6.45, 7) is 5.76. The lowest BCUT2D eigenvalue weighted by Crippen LogP contribution is -2.51. The van der Waals surface area contributed by atoms with E-state index < -0.39 is 0 Å². The number of phenolic OH excluding ortho intramolecular Hbond substituents is 1. The zero-order valence-electron chi connectivity index (χ0n) is 18.1. The molecule has 0 spiro atoms. The van der Waals surface area contributed by atoms with E-state index in [4.69, 9.17) is 23.2 Å². The number of carbonyl (C=O) groups excluding carboxylic acids is 1. The fraction of sp³-hybridized carbons (Fsp3) is 0.269. The van der Waals surface area contributed by atoms with Gasteiger partial charge in [0.05, 0.1) is 22.7 Å². The van der Waals surface area contributed by atoms with Crippen LogP contribution in [0.5, 0.6) is 5.75 Å². The van der Waals surface area contributed by atoms with Gasteiger partial charge in [0.1, 0.15) is 5.75 Å². The van der Waals surface area contributed by atoms with E-state index in [1.165, 1.54) is 0 Å². The van der Waals surface area contributed by atoms with Crippen LogP contribution in [0.25, 0.3) is 0 Å². The number of nitrogens with zero attached hydrogens (tertiary/aromatic N) is 2. The molecule has 0 aliphatic carbocycles. The van der Waals surface area contributed by atoms with Crippen molar-refractivity contribution in [1.82, 2.24) is 4.90 Å². The van der Waals surface area contributed by atoms with Gasteiger partial charge < -0.3 is 14.9 Å². The Hall–Kier alpha value is -2.69. The summed E-state index contributed by atoms with van der Waals surface area (Å²) < 4.78 is 0. The average molecular weight is 469 g/mol. The first-order chi connectivity index (χ1) is 15.3. The summed E-state index contributed by atoms with van der Waals surface area (Å²) >= 11 is 12.7. The third-order valence-corrected chi connectivity index (χ3v) is 6.68. The van der Waals surface area contributed by atoms with E-state index >= 15 is 0 Å². The molecule has 0 aromatic heterocycles. The zero-order chi connectivity index (χ0) is 22.8. The van der Waals surface area contributed by atoms with Crippen LogP contribution in [0, 0.1) is 6.92 Å². The number of piperazine rings is 1. The lowest BCUT2D eigenvalue weighted by atomic mass is 9.96. The molecule has 2 atom stereocenters. The number of aryl methyl sites for hydroxylation is 1. The Morgan fingerprint density at radius 3 is 2.34 bits per heavy atom. The minimum absolute atomic E-state index is 0.0443. The Bertz CT molecular complexity index is 1100. The second-order valence-corrected chi connectivity index (χ2v) is 9.16. The molecule has 1 fully saturated rings. The molecule has 1 saturated heterocycles. The minimum atomic E-state index is -0.295. The third-order valence-electron chi connectivity index (χ3n) is 6.12. The maximum absolute atomic E-state index is 13.4. The number of hydrogen-bond donors (Lipinski definition) is 1. The van der Waals surface area contributed by atoms with Gasteiger partial charge in [-0.2, -0.15) is 0 Å². The zero-order valence-corrected chi connectivity index (χ0v) is 19.6. The number of amides is 1. The number of carbonyl (C=O) groups is 1. The van der Waals surface area contributed by atoms with E-state index in [1.807, 2.05) is 49.1 Å². The van der Waals surface area contributed by atoms with Crippen LogP contribution in [0.15, 0.2) is 66.7 Å². The summed E-state index contributed by atoms with van der Waals surface area (Å²) in [7, 11) is 0. The van der Waals surface area contributed by atoms with Crippen molar-refractivity contribution in [2.24, 2.45) is 0 Å². The predicted octanol–water partition coefficient (Wildman–Crippen LogP) is 6.20. The fourth-order valence-electron chi connectivity index (χ4n) is 4.27. The van der Waals surface area contributed by atoms with Crippen LogP contribution in [0.1, 0.15) is 35.6 Å². The summed E-state index contributed by atoms with van der Waals surface area (Å²) in [5, 5.41) is 11.0. The van der Waals surface area contributed by atoms with Gasteiger partial charge in [0.2, 0.25) is 5.91 Å². The first-order valence-electron chi connectivity index (χ1n) is 10.7. The highest BCUT2D eigenvalue weighted by Gasteiger charge is 2.33. The number of hydrogen-bond acceptors (Lipinski definition) is 3. The summed E-state index contributed by atoms with van der Waals surface area (Å²) in [5.74, 6) is -0.0277.